The molecule has 4 nitrogen and oxygen atoms in total. The van der Waals surface area contributed by atoms with Gasteiger partial charge in [-0.1, -0.05) is 12.1 Å². The van der Waals surface area contributed by atoms with Crippen LogP contribution in [0.15, 0.2) is 5.16 Å². The smallest absolute Gasteiger partial charge is 0.139 e. The van der Waals surface area contributed by atoms with Gasteiger partial charge in [0.05, 0.1) is 0 Å². The van der Waals surface area contributed by atoms with Crippen molar-refractivity contribution >= 4 is 5.84 Å². The van der Waals surface area contributed by atoms with Gasteiger partial charge in [0.2, 0.25) is 0 Å². The summed E-state index contributed by atoms with van der Waals surface area (Å²) >= 11 is 0. The Morgan fingerprint density at radius 2 is 2.15 bits per heavy atom. The summed E-state index contributed by atoms with van der Waals surface area (Å²) in [6.07, 6.45) is 3.09. The summed E-state index contributed by atoms with van der Waals surface area (Å²) in [5.74, 6) is 0.980. The van der Waals surface area contributed by atoms with E-state index in [0.29, 0.717) is 11.8 Å². The first-order valence-corrected chi connectivity index (χ1v) is 4.95. The highest BCUT2D eigenvalue weighted by molar-refractivity contribution is 5.79. The number of amidine groups is 1. The maximum Gasteiger partial charge on any atom is 0.139 e. The molecule has 0 radical (unpaired) electrons. The van der Waals surface area contributed by atoms with Crippen LogP contribution < -0.4 is 5.73 Å². The van der Waals surface area contributed by atoms with E-state index in [0.717, 1.165) is 26.1 Å². The second-order valence-corrected chi connectivity index (χ2v) is 3.67. The van der Waals surface area contributed by atoms with E-state index in [-0.39, 0.29) is 0 Å². The van der Waals surface area contributed by atoms with Crippen LogP contribution in [0.1, 0.15) is 26.2 Å². The van der Waals surface area contributed by atoms with Crippen molar-refractivity contribution in [3.05, 3.63) is 0 Å². The molecular weight excluding hydrogens is 166 g/mol. The minimum atomic E-state index is 0.370. The van der Waals surface area contributed by atoms with Gasteiger partial charge in [0.1, 0.15) is 5.84 Å². The van der Waals surface area contributed by atoms with E-state index in [9.17, 15) is 0 Å². The van der Waals surface area contributed by atoms with E-state index in [1.165, 1.54) is 12.8 Å². The molecule has 0 amide bonds. The zero-order valence-electron chi connectivity index (χ0n) is 8.24. The predicted octanol–water partition coefficient (Wildman–Crippen LogP) is 0.855. The molecule has 13 heavy (non-hydrogen) atoms. The van der Waals surface area contributed by atoms with Crippen LogP contribution in [-0.2, 0) is 0 Å². The molecule has 0 aromatic heterocycles. The molecule has 1 fully saturated rings. The Morgan fingerprint density at radius 3 is 2.62 bits per heavy atom. The fraction of sp³-hybridized carbons (Fsp3) is 0.889. The topological polar surface area (TPSA) is 61.8 Å². The summed E-state index contributed by atoms with van der Waals surface area (Å²) < 4.78 is 0. The van der Waals surface area contributed by atoms with Gasteiger partial charge in [-0.2, -0.15) is 0 Å². The van der Waals surface area contributed by atoms with Gasteiger partial charge in [0.25, 0.3) is 0 Å². The first-order valence-electron chi connectivity index (χ1n) is 4.95. The maximum atomic E-state index is 8.42. The average Bonchev–Trinajstić information content (AvgIpc) is 2.19. The quantitative estimate of drug-likeness (QED) is 0.296. The summed E-state index contributed by atoms with van der Waals surface area (Å²) in [5.41, 5.74) is 5.46. The summed E-state index contributed by atoms with van der Waals surface area (Å²) in [6, 6.07) is 0. The van der Waals surface area contributed by atoms with Crippen molar-refractivity contribution < 1.29 is 5.21 Å². The number of nitrogens with two attached hydrogens (primary N) is 1. The number of hydrogen-bond acceptors (Lipinski definition) is 3. The lowest BCUT2D eigenvalue weighted by Crippen LogP contribution is -2.34. The molecular formula is C9H19N3O. The van der Waals surface area contributed by atoms with Crippen LogP contribution in [0.3, 0.4) is 0 Å². The van der Waals surface area contributed by atoms with Gasteiger partial charge in [-0.25, -0.2) is 0 Å². The van der Waals surface area contributed by atoms with Crippen molar-refractivity contribution in [1.82, 2.24) is 4.90 Å². The van der Waals surface area contributed by atoms with Gasteiger partial charge >= 0.3 is 0 Å². The first-order chi connectivity index (χ1) is 6.26. The first kappa shape index (κ1) is 10.3. The van der Waals surface area contributed by atoms with Crippen LogP contribution in [-0.4, -0.2) is 35.6 Å². The molecule has 0 bridgehead atoms. The molecule has 0 unspecified atom stereocenters. The van der Waals surface area contributed by atoms with Crippen molar-refractivity contribution in [1.29, 1.82) is 0 Å². The molecule has 0 atom stereocenters. The second kappa shape index (κ2) is 5.07. The van der Waals surface area contributed by atoms with Gasteiger partial charge in [0, 0.05) is 6.42 Å². The number of likely N-dealkylation sites (tertiary alicyclic amines) is 1. The van der Waals surface area contributed by atoms with E-state index in [1.807, 2.05) is 0 Å². The van der Waals surface area contributed by atoms with Gasteiger partial charge in [-0.15, -0.1) is 0 Å². The maximum absolute atomic E-state index is 8.42. The minimum absolute atomic E-state index is 0.370. The highest BCUT2D eigenvalue weighted by atomic mass is 16.4. The zero-order valence-corrected chi connectivity index (χ0v) is 8.24. The lowest BCUT2D eigenvalue weighted by Gasteiger charge is -2.30. The number of nitrogens with zero attached hydrogens (tertiary/aromatic N) is 2. The fourth-order valence-corrected chi connectivity index (χ4v) is 1.84. The number of piperidine rings is 1. The van der Waals surface area contributed by atoms with Crippen molar-refractivity contribution in [2.24, 2.45) is 16.8 Å². The number of rotatable bonds is 3. The third-order valence-electron chi connectivity index (χ3n) is 2.78. The van der Waals surface area contributed by atoms with Crippen LogP contribution in [0.25, 0.3) is 0 Å². The summed E-state index contributed by atoms with van der Waals surface area (Å²) in [4.78, 5) is 2.43. The molecule has 4 heteroatoms. The third-order valence-corrected chi connectivity index (χ3v) is 2.78. The van der Waals surface area contributed by atoms with Crippen LogP contribution in [0.5, 0.6) is 0 Å². The summed E-state index contributed by atoms with van der Waals surface area (Å²) in [7, 11) is 0. The molecule has 0 aliphatic carbocycles. The van der Waals surface area contributed by atoms with Crippen molar-refractivity contribution in [3.8, 4) is 0 Å². The van der Waals surface area contributed by atoms with Crippen LogP contribution >= 0.6 is 0 Å². The van der Waals surface area contributed by atoms with Crippen LogP contribution in [0, 0.1) is 5.92 Å². The van der Waals surface area contributed by atoms with Crippen molar-refractivity contribution in [3.63, 3.8) is 0 Å². The monoisotopic (exact) mass is 185 g/mol. The fourth-order valence-electron chi connectivity index (χ4n) is 1.84. The van der Waals surface area contributed by atoms with Crippen molar-refractivity contribution in [2.45, 2.75) is 26.2 Å². The van der Waals surface area contributed by atoms with Gasteiger partial charge < -0.3 is 15.8 Å². The SMILES string of the molecule is CCN1CCC(C/C(N)=N/O)CC1. The Hall–Kier alpha value is -0.770. The van der Waals surface area contributed by atoms with E-state index < -0.39 is 0 Å². The van der Waals surface area contributed by atoms with Gasteiger partial charge in [-0.3, -0.25) is 0 Å². The Balaban J connectivity index is 2.25. The Bertz CT molecular complexity index is 174. The molecule has 0 aromatic rings. The molecule has 1 aliphatic heterocycles. The van der Waals surface area contributed by atoms with E-state index >= 15 is 0 Å². The minimum Gasteiger partial charge on any atom is -0.409 e. The Morgan fingerprint density at radius 1 is 1.54 bits per heavy atom. The lowest BCUT2D eigenvalue weighted by molar-refractivity contribution is 0.194. The molecule has 1 heterocycles. The van der Waals surface area contributed by atoms with Crippen LogP contribution in [0.4, 0.5) is 0 Å². The summed E-state index contributed by atoms with van der Waals surface area (Å²) in [6.45, 7) is 5.62. The predicted molar refractivity (Wildman–Crippen MR) is 52.9 cm³/mol. The summed E-state index contributed by atoms with van der Waals surface area (Å²) in [5, 5.41) is 11.4. The molecule has 1 saturated heterocycles. The normalized spacial score (nSPS) is 22.1. The molecule has 3 N–H and O–H groups in total. The largest absolute Gasteiger partial charge is 0.409 e. The number of oxime groups is 1. The van der Waals surface area contributed by atoms with E-state index in [4.69, 9.17) is 10.9 Å². The zero-order chi connectivity index (χ0) is 9.68. The molecule has 0 saturated carbocycles. The molecule has 76 valence electrons. The van der Waals surface area contributed by atoms with Crippen LogP contribution in [0.2, 0.25) is 0 Å². The molecule has 1 aliphatic rings. The second-order valence-electron chi connectivity index (χ2n) is 3.67. The molecule has 0 spiro atoms. The lowest BCUT2D eigenvalue weighted by atomic mass is 9.93. The van der Waals surface area contributed by atoms with Crippen molar-refractivity contribution in [2.75, 3.05) is 19.6 Å². The Kier molecular flexibility index (Phi) is 4.02. The highest BCUT2D eigenvalue weighted by Crippen LogP contribution is 2.19. The number of hydrogen-bond donors (Lipinski definition) is 2. The van der Waals surface area contributed by atoms with Gasteiger partial charge in [-0.05, 0) is 38.4 Å². The van der Waals surface area contributed by atoms with E-state index in [2.05, 4.69) is 17.0 Å². The van der Waals surface area contributed by atoms with E-state index in [1.54, 1.807) is 0 Å². The molecule has 1 rings (SSSR count). The Labute approximate surface area is 79.4 Å². The van der Waals surface area contributed by atoms with Gasteiger partial charge in [0.15, 0.2) is 0 Å². The third kappa shape index (κ3) is 3.22. The average molecular weight is 185 g/mol. The standard InChI is InChI=1S/C9H19N3O/c1-2-12-5-3-8(4-6-12)7-9(10)11-13/h8,13H,2-7H2,1H3,(H2,10,11). The highest BCUT2D eigenvalue weighted by Gasteiger charge is 2.18. The molecule has 0 aromatic carbocycles.